The molecule has 0 bridgehead atoms. The van der Waals surface area contributed by atoms with E-state index in [1.165, 1.54) is 0 Å². The minimum absolute atomic E-state index is 0.0378. The van der Waals surface area contributed by atoms with Gasteiger partial charge in [-0.1, -0.05) is 12.1 Å². The molecule has 1 aromatic rings. The standard InChI is InChI=1S/C16H24N2O3/c1-3-20-14-6-4-5-7-15(14)21-12-16(19)18-10-8-13(17-2)9-11-18/h4-7,13,17H,3,8-12H2,1-2H3. The van der Waals surface area contributed by atoms with Crippen molar-refractivity contribution >= 4 is 5.91 Å². The number of hydrogen-bond donors (Lipinski definition) is 1. The van der Waals surface area contributed by atoms with Crippen molar-refractivity contribution in [3.63, 3.8) is 0 Å². The topological polar surface area (TPSA) is 50.8 Å². The maximum atomic E-state index is 12.2. The number of carbonyl (C=O) groups is 1. The van der Waals surface area contributed by atoms with E-state index in [9.17, 15) is 4.79 Å². The normalized spacial score (nSPS) is 15.8. The van der Waals surface area contributed by atoms with Crippen molar-refractivity contribution in [2.45, 2.75) is 25.8 Å². The number of para-hydroxylation sites is 2. The van der Waals surface area contributed by atoms with Gasteiger partial charge in [0, 0.05) is 19.1 Å². The number of likely N-dealkylation sites (tertiary alicyclic amines) is 1. The maximum Gasteiger partial charge on any atom is 0.260 e. The first-order valence-electron chi connectivity index (χ1n) is 7.54. The van der Waals surface area contributed by atoms with Crippen molar-refractivity contribution in [3.8, 4) is 11.5 Å². The van der Waals surface area contributed by atoms with Crippen LogP contribution in [0.2, 0.25) is 0 Å². The molecular weight excluding hydrogens is 268 g/mol. The molecule has 5 nitrogen and oxygen atoms in total. The predicted octanol–water partition coefficient (Wildman–Crippen LogP) is 1.67. The molecule has 0 atom stereocenters. The molecule has 21 heavy (non-hydrogen) atoms. The minimum atomic E-state index is 0.0378. The van der Waals surface area contributed by atoms with Crippen LogP contribution < -0.4 is 14.8 Å². The molecule has 2 rings (SSSR count). The molecule has 1 heterocycles. The number of rotatable bonds is 6. The molecule has 1 aromatic carbocycles. The first kappa shape index (κ1) is 15.6. The minimum Gasteiger partial charge on any atom is -0.490 e. The number of amides is 1. The molecular formula is C16H24N2O3. The van der Waals surface area contributed by atoms with E-state index in [-0.39, 0.29) is 12.5 Å². The zero-order valence-electron chi connectivity index (χ0n) is 12.8. The second kappa shape index (κ2) is 7.88. The Morgan fingerprint density at radius 2 is 1.86 bits per heavy atom. The lowest BCUT2D eigenvalue weighted by Gasteiger charge is -2.31. The lowest BCUT2D eigenvalue weighted by Crippen LogP contribution is -2.45. The van der Waals surface area contributed by atoms with Crippen molar-refractivity contribution < 1.29 is 14.3 Å². The molecule has 0 aliphatic carbocycles. The fourth-order valence-corrected chi connectivity index (χ4v) is 2.49. The Morgan fingerprint density at radius 3 is 2.43 bits per heavy atom. The molecule has 0 unspecified atom stereocenters. The van der Waals surface area contributed by atoms with E-state index in [0.29, 0.717) is 24.1 Å². The van der Waals surface area contributed by atoms with Gasteiger partial charge in [0.2, 0.25) is 0 Å². The average Bonchev–Trinajstić information content (AvgIpc) is 2.54. The highest BCUT2D eigenvalue weighted by molar-refractivity contribution is 5.78. The summed E-state index contributed by atoms with van der Waals surface area (Å²) in [4.78, 5) is 14.0. The van der Waals surface area contributed by atoms with Gasteiger partial charge in [-0.25, -0.2) is 0 Å². The molecule has 116 valence electrons. The number of hydrogen-bond acceptors (Lipinski definition) is 4. The average molecular weight is 292 g/mol. The number of ether oxygens (including phenoxy) is 2. The highest BCUT2D eigenvalue weighted by Gasteiger charge is 2.22. The lowest BCUT2D eigenvalue weighted by molar-refractivity contribution is -0.134. The van der Waals surface area contributed by atoms with Crippen molar-refractivity contribution in [1.29, 1.82) is 0 Å². The van der Waals surface area contributed by atoms with E-state index >= 15 is 0 Å². The molecule has 0 spiro atoms. The number of carbonyl (C=O) groups excluding carboxylic acids is 1. The summed E-state index contributed by atoms with van der Waals surface area (Å²) in [6, 6.07) is 7.96. The number of piperidine rings is 1. The summed E-state index contributed by atoms with van der Waals surface area (Å²) in [7, 11) is 1.97. The van der Waals surface area contributed by atoms with Crippen molar-refractivity contribution in [3.05, 3.63) is 24.3 Å². The zero-order chi connectivity index (χ0) is 15.1. The maximum absolute atomic E-state index is 12.2. The molecule has 0 saturated carbocycles. The SMILES string of the molecule is CCOc1ccccc1OCC(=O)N1CCC(NC)CC1. The fraction of sp³-hybridized carbons (Fsp3) is 0.562. The lowest BCUT2D eigenvalue weighted by atomic mass is 10.1. The third-order valence-corrected chi connectivity index (χ3v) is 3.76. The summed E-state index contributed by atoms with van der Waals surface area (Å²) >= 11 is 0. The monoisotopic (exact) mass is 292 g/mol. The Kier molecular flexibility index (Phi) is 5.87. The Labute approximate surface area is 126 Å². The molecule has 1 amide bonds. The Bertz CT molecular complexity index is 457. The van der Waals surface area contributed by atoms with Crippen LogP contribution in [0.25, 0.3) is 0 Å². The summed E-state index contributed by atoms with van der Waals surface area (Å²) in [6.45, 7) is 4.15. The molecule has 1 N–H and O–H groups in total. The van der Waals surface area contributed by atoms with Gasteiger partial charge >= 0.3 is 0 Å². The van der Waals surface area contributed by atoms with Crippen molar-refractivity contribution in [2.24, 2.45) is 0 Å². The van der Waals surface area contributed by atoms with E-state index < -0.39 is 0 Å². The Balaban J connectivity index is 1.84. The molecule has 1 aliphatic heterocycles. The quantitative estimate of drug-likeness (QED) is 0.866. The van der Waals surface area contributed by atoms with Crippen LogP contribution >= 0.6 is 0 Å². The first-order valence-corrected chi connectivity index (χ1v) is 7.54. The molecule has 0 aromatic heterocycles. The van der Waals surface area contributed by atoms with Gasteiger partial charge in [0.1, 0.15) is 0 Å². The predicted molar refractivity (Wildman–Crippen MR) is 81.8 cm³/mol. The molecule has 1 fully saturated rings. The van der Waals surface area contributed by atoms with Crippen LogP contribution in [0.4, 0.5) is 0 Å². The van der Waals surface area contributed by atoms with Crippen LogP contribution in [0.5, 0.6) is 11.5 Å². The summed E-state index contributed by atoms with van der Waals surface area (Å²) in [5.74, 6) is 1.34. The van der Waals surface area contributed by atoms with Crippen LogP contribution in [0.3, 0.4) is 0 Å². The van der Waals surface area contributed by atoms with Crippen LogP contribution in [-0.2, 0) is 4.79 Å². The van der Waals surface area contributed by atoms with Gasteiger partial charge < -0.3 is 19.7 Å². The summed E-state index contributed by atoms with van der Waals surface area (Å²) in [5.41, 5.74) is 0. The molecule has 5 heteroatoms. The van der Waals surface area contributed by atoms with Crippen LogP contribution in [0, 0.1) is 0 Å². The van der Waals surface area contributed by atoms with Gasteiger partial charge in [-0.2, -0.15) is 0 Å². The van der Waals surface area contributed by atoms with Gasteiger partial charge in [-0.05, 0) is 38.9 Å². The second-order valence-electron chi connectivity index (χ2n) is 5.11. The molecule has 0 radical (unpaired) electrons. The summed E-state index contributed by atoms with van der Waals surface area (Å²) < 4.78 is 11.1. The summed E-state index contributed by atoms with van der Waals surface area (Å²) in [6.07, 6.45) is 2.00. The number of nitrogens with one attached hydrogen (secondary N) is 1. The van der Waals surface area contributed by atoms with E-state index in [1.54, 1.807) is 0 Å². The van der Waals surface area contributed by atoms with Gasteiger partial charge in [-0.15, -0.1) is 0 Å². The third kappa shape index (κ3) is 4.36. The molecule has 1 saturated heterocycles. The Hall–Kier alpha value is -1.75. The van der Waals surface area contributed by atoms with Gasteiger partial charge in [0.05, 0.1) is 6.61 Å². The van der Waals surface area contributed by atoms with E-state index in [1.807, 2.05) is 43.1 Å². The van der Waals surface area contributed by atoms with Gasteiger partial charge in [0.15, 0.2) is 18.1 Å². The van der Waals surface area contributed by atoms with Crippen LogP contribution in [0.1, 0.15) is 19.8 Å². The number of nitrogens with zero attached hydrogens (tertiary/aromatic N) is 1. The third-order valence-electron chi connectivity index (χ3n) is 3.76. The van der Waals surface area contributed by atoms with E-state index in [0.717, 1.165) is 25.9 Å². The van der Waals surface area contributed by atoms with E-state index in [4.69, 9.17) is 9.47 Å². The smallest absolute Gasteiger partial charge is 0.260 e. The fourth-order valence-electron chi connectivity index (χ4n) is 2.49. The van der Waals surface area contributed by atoms with Crippen LogP contribution in [0.15, 0.2) is 24.3 Å². The number of benzene rings is 1. The first-order chi connectivity index (χ1) is 10.2. The second-order valence-corrected chi connectivity index (χ2v) is 5.11. The van der Waals surface area contributed by atoms with E-state index in [2.05, 4.69) is 5.32 Å². The van der Waals surface area contributed by atoms with Gasteiger partial charge in [-0.3, -0.25) is 4.79 Å². The van der Waals surface area contributed by atoms with Crippen LogP contribution in [-0.4, -0.2) is 50.2 Å². The summed E-state index contributed by atoms with van der Waals surface area (Å²) in [5, 5.41) is 3.26. The highest BCUT2D eigenvalue weighted by Crippen LogP contribution is 2.26. The Morgan fingerprint density at radius 1 is 1.24 bits per heavy atom. The molecule has 1 aliphatic rings. The van der Waals surface area contributed by atoms with Gasteiger partial charge in [0.25, 0.3) is 5.91 Å². The highest BCUT2D eigenvalue weighted by atomic mass is 16.5. The largest absolute Gasteiger partial charge is 0.490 e. The zero-order valence-corrected chi connectivity index (χ0v) is 12.8. The van der Waals surface area contributed by atoms with Crippen molar-refractivity contribution in [2.75, 3.05) is 33.4 Å². The van der Waals surface area contributed by atoms with Crippen molar-refractivity contribution in [1.82, 2.24) is 10.2 Å².